The van der Waals surface area contributed by atoms with E-state index in [4.69, 9.17) is 11.5 Å². The maximum Gasteiger partial charge on any atom is 0.0783 e. The van der Waals surface area contributed by atoms with Crippen LogP contribution in [0.4, 0.5) is 17.1 Å². The van der Waals surface area contributed by atoms with Gasteiger partial charge in [0.2, 0.25) is 0 Å². The Morgan fingerprint density at radius 1 is 1.36 bits per heavy atom. The van der Waals surface area contributed by atoms with Crippen LogP contribution in [0, 0.1) is 0 Å². The zero-order valence-electron chi connectivity index (χ0n) is 6.59. The minimum absolute atomic E-state index is 0.628. The molecule has 0 aliphatic rings. The van der Waals surface area contributed by atoms with Crippen LogP contribution in [0.25, 0.3) is 0 Å². The molecule has 0 saturated heterocycles. The maximum atomic E-state index is 5.68. The molecule has 0 saturated carbocycles. The molecule has 1 aromatic carbocycles. The van der Waals surface area contributed by atoms with E-state index in [1.165, 1.54) is 0 Å². The third kappa shape index (κ3) is 1.55. The van der Waals surface area contributed by atoms with E-state index in [0.29, 0.717) is 11.4 Å². The number of rotatable bonds is 2. The molecular weight excluding hydrogens is 138 g/mol. The zero-order chi connectivity index (χ0) is 8.27. The summed E-state index contributed by atoms with van der Waals surface area (Å²) in [7, 11) is 0. The van der Waals surface area contributed by atoms with Crippen LogP contribution in [0.3, 0.4) is 0 Å². The van der Waals surface area contributed by atoms with E-state index in [0.717, 1.165) is 12.2 Å². The quantitative estimate of drug-likeness (QED) is 0.558. The van der Waals surface area contributed by atoms with Crippen molar-refractivity contribution >= 4 is 17.1 Å². The fraction of sp³-hybridized carbons (Fsp3) is 0.250. The first kappa shape index (κ1) is 7.72. The summed E-state index contributed by atoms with van der Waals surface area (Å²) in [6.07, 6.45) is 0. The number of nitrogens with one attached hydrogen (secondary N) is 1. The van der Waals surface area contributed by atoms with Crippen LogP contribution >= 0.6 is 0 Å². The Morgan fingerprint density at radius 3 is 2.73 bits per heavy atom. The number of nitrogens with two attached hydrogens (primary N) is 2. The summed E-state index contributed by atoms with van der Waals surface area (Å²) in [5, 5.41) is 3.11. The minimum atomic E-state index is 0.628. The lowest BCUT2D eigenvalue weighted by Crippen LogP contribution is -2.03. The summed E-state index contributed by atoms with van der Waals surface area (Å²) in [6, 6.07) is 5.58. The van der Waals surface area contributed by atoms with E-state index in [-0.39, 0.29) is 0 Å². The highest BCUT2D eigenvalue weighted by Gasteiger charge is 1.98. The first-order valence-corrected chi connectivity index (χ1v) is 3.63. The lowest BCUT2D eigenvalue weighted by Gasteiger charge is -2.07. The van der Waals surface area contributed by atoms with Crippen molar-refractivity contribution in [3.8, 4) is 0 Å². The average Bonchev–Trinajstić information content (AvgIpc) is 1.99. The standard InChI is InChI=1S/C8H13N3/c1-2-11-7-5-3-4-6(9)8(7)10/h3-5,11H,2,9-10H2,1H3. The fourth-order valence-corrected chi connectivity index (χ4v) is 0.928. The lowest BCUT2D eigenvalue weighted by molar-refractivity contribution is 1.21. The zero-order valence-corrected chi connectivity index (χ0v) is 6.59. The van der Waals surface area contributed by atoms with Crippen LogP contribution in [0.1, 0.15) is 6.92 Å². The highest BCUT2D eigenvalue weighted by Crippen LogP contribution is 2.23. The summed E-state index contributed by atoms with van der Waals surface area (Å²) in [5.74, 6) is 0. The Hall–Kier alpha value is -1.38. The monoisotopic (exact) mass is 151 g/mol. The van der Waals surface area contributed by atoms with Crippen LogP contribution in [-0.4, -0.2) is 6.54 Å². The smallest absolute Gasteiger partial charge is 0.0783 e. The SMILES string of the molecule is CCNc1cccc(N)c1N. The molecule has 5 N–H and O–H groups in total. The summed E-state index contributed by atoms with van der Waals surface area (Å²) in [6.45, 7) is 2.87. The van der Waals surface area contributed by atoms with Crippen molar-refractivity contribution in [3.05, 3.63) is 18.2 Å². The van der Waals surface area contributed by atoms with Crippen LogP contribution in [-0.2, 0) is 0 Å². The summed E-state index contributed by atoms with van der Waals surface area (Å²) in [4.78, 5) is 0. The van der Waals surface area contributed by atoms with Crippen LogP contribution in [0.5, 0.6) is 0 Å². The van der Waals surface area contributed by atoms with Crippen molar-refractivity contribution in [3.63, 3.8) is 0 Å². The van der Waals surface area contributed by atoms with Gasteiger partial charge in [0.05, 0.1) is 17.1 Å². The summed E-state index contributed by atoms with van der Waals surface area (Å²) in [5.41, 5.74) is 13.4. The Labute approximate surface area is 66.4 Å². The fourth-order valence-electron chi connectivity index (χ4n) is 0.928. The number of para-hydroxylation sites is 1. The largest absolute Gasteiger partial charge is 0.397 e. The van der Waals surface area contributed by atoms with Gasteiger partial charge in [0, 0.05) is 6.54 Å². The number of nitrogen functional groups attached to an aromatic ring is 2. The molecule has 0 amide bonds. The Balaban J connectivity index is 2.96. The van der Waals surface area contributed by atoms with Gasteiger partial charge in [0.1, 0.15) is 0 Å². The predicted octanol–water partition coefficient (Wildman–Crippen LogP) is 1.28. The van der Waals surface area contributed by atoms with Gasteiger partial charge in [0.25, 0.3) is 0 Å². The van der Waals surface area contributed by atoms with Crippen molar-refractivity contribution in [2.24, 2.45) is 0 Å². The van der Waals surface area contributed by atoms with Crippen molar-refractivity contribution < 1.29 is 0 Å². The molecule has 0 fully saturated rings. The second kappa shape index (κ2) is 3.14. The molecule has 0 atom stereocenters. The van der Waals surface area contributed by atoms with Crippen LogP contribution in [0.15, 0.2) is 18.2 Å². The van der Waals surface area contributed by atoms with Crippen LogP contribution < -0.4 is 16.8 Å². The first-order chi connectivity index (χ1) is 5.25. The molecule has 0 aromatic heterocycles. The number of hydrogen-bond acceptors (Lipinski definition) is 3. The Morgan fingerprint density at radius 2 is 2.09 bits per heavy atom. The topological polar surface area (TPSA) is 64.1 Å². The van der Waals surface area contributed by atoms with Gasteiger partial charge in [-0.3, -0.25) is 0 Å². The van der Waals surface area contributed by atoms with E-state index < -0.39 is 0 Å². The molecule has 60 valence electrons. The third-order valence-corrected chi connectivity index (χ3v) is 1.51. The van der Waals surface area contributed by atoms with Crippen LogP contribution in [0.2, 0.25) is 0 Å². The van der Waals surface area contributed by atoms with Gasteiger partial charge in [-0.15, -0.1) is 0 Å². The van der Waals surface area contributed by atoms with Gasteiger partial charge in [-0.05, 0) is 19.1 Å². The number of anilines is 3. The molecule has 0 spiro atoms. The lowest BCUT2D eigenvalue weighted by atomic mass is 10.2. The molecule has 1 rings (SSSR count). The first-order valence-electron chi connectivity index (χ1n) is 3.63. The molecule has 11 heavy (non-hydrogen) atoms. The van der Waals surface area contributed by atoms with E-state index in [1.54, 1.807) is 6.07 Å². The molecule has 0 radical (unpaired) electrons. The maximum absolute atomic E-state index is 5.68. The van der Waals surface area contributed by atoms with Gasteiger partial charge in [-0.1, -0.05) is 6.07 Å². The molecule has 3 nitrogen and oxygen atoms in total. The molecule has 0 aliphatic heterocycles. The van der Waals surface area contributed by atoms with Gasteiger partial charge >= 0.3 is 0 Å². The third-order valence-electron chi connectivity index (χ3n) is 1.51. The molecule has 1 aromatic rings. The molecule has 3 heteroatoms. The number of hydrogen-bond donors (Lipinski definition) is 3. The molecule has 0 bridgehead atoms. The highest BCUT2D eigenvalue weighted by molar-refractivity contribution is 5.78. The van der Waals surface area contributed by atoms with Crippen molar-refractivity contribution in [1.82, 2.24) is 0 Å². The molecule has 0 unspecified atom stereocenters. The van der Waals surface area contributed by atoms with Crippen molar-refractivity contribution in [1.29, 1.82) is 0 Å². The normalized spacial score (nSPS) is 9.55. The Bertz CT molecular complexity index is 245. The summed E-state index contributed by atoms with van der Waals surface area (Å²) < 4.78 is 0. The van der Waals surface area contributed by atoms with E-state index in [1.807, 2.05) is 19.1 Å². The van der Waals surface area contributed by atoms with Gasteiger partial charge in [0.15, 0.2) is 0 Å². The molecule has 0 aliphatic carbocycles. The van der Waals surface area contributed by atoms with E-state index >= 15 is 0 Å². The average molecular weight is 151 g/mol. The van der Waals surface area contributed by atoms with Gasteiger partial charge in [-0.25, -0.2) is 0 Å². The van der Waals surface area contributed by atoms with Gasteiger partial charge < -0.3 is 16.8 Å². The number of benzene rings is 1. The second-order valence-electron chi connectivity index (χ2n) is 2.34. The minimum Gasteiger partial charge on any atom is -0.397 e. The Kier molecular flexibility index (Phi) is 2.21. The van der Waals surface area contributed by atoms with E-state index in [2.05, 4.69) is 5.32 Å². The van der Waals surface area contributed by atoms with Gasteiger partial charge in [-0.2, -0.15) is 0 Å². The molecule has 0 heterocycles. The van der Waals surface area contributed by atoms with E-state index in [9.17, 15) is 0 Å². The molecular formula is C8H13N3. The summed E-state index contributed by atoms with van der Waals surface area (Å²) >= 11 is 0. The predicted molar refractivity (Wildman–Crippen MR) is 49.4 cm³/mol. The van der Waals surface area contributed by atoms with Crippen molar-refractivity contribution in [2.45, 2.75) is 6.92 Å². The second-order valence-corrected chi connectivity index (χ2v) is 2.34. The van der Waals surface area contributed by atoms with Crippen molar-refractivity contribution in [2.75, 3.05) is 23.3 Å². The highest BCUT2D eigenvalue weighted by atomic mass is 14.9.